The molecule has 0 radical (unpaired) electrons. The zero-order valence-corrected chi connectivity index (χ0v) is 13.7. The van der Waals surface area contributed by atoms with Crippen molar-refractivity contribution in [1.82, 2.24) is 10.2 Å². The number of urea groups is 1. The van der Waals surface area contributed by atoms with Gasteiger partial charge in [-0.05, 0) is 25.5 Å². The molecule has 1 heterocycles. The third kappa shape index (κ3) is 3.97. The van der Waals surface area contributed by atoms with Gasteiger partial charge < -0.3 is 15.0 Å². The molecule has 1 saturated heterocycles. The number of hydrogen-bond acceptors (Lipinski definition) is 2. The summed E-state index contributed by atoms with van der Waals surface area (Å²) in [7, 11) is 0. The van der Waals surface area contributed by atoms with Gasteiger partial charge in [-0.25, -0.2) is 9.18 Å². The Labute approximate surface area is 131 Å². The van der Waals surface area contributed by atoms with Crippen molar-refractivity contribution in [2.24, 2.45) is 0 Å². The fraction of sp³-hybridized carbons (Fsp3) is 0.588. The second-order valence-electron chi connectivity index (χ2n) is 6.68. The highest BCUT2D eigenvalue weighted by Crippen LogP contribution is 2.25. The Balaban J connectivity index is 1.97. The number of nitrogens with one attached hydrogen (secondary N) is 1. The maximum atomic E-state index is 13.9. The number of rotatable bonds is 3. The molecule has 1 aliphatic heterocycles. The number of carbonyl (C=O) groups is 1. The number of benzene rings is 1. The van der Waals surface area contributed by atoms with Crippen LogP contribution in [0.1, 0.15) is 33.3 Å². The molecular formula is C17H25FN2O2. The largest absolute Gasteiger partial charge is 0.372 e. The van der Waals surface area contributed by atoms with Crippen LogP contribution in [0.25, 0.3) is 0 Å². The fourth-order valence-corrected chi connectivity index (χ4v) is 2.86. The summed E-state index contributed by atoms with van der Waals surface area (Å²) in [6, 6.07) is 6.58. The summed E-state index contributed by atoms with van der Waals surface area (Å²) in [5.41, 5.74) is 0.142. The average molecular weight is 308 g/mol. The van der Waals surface area contributed by atoms with Gasteiger partial charge in [0.1, 0.15) is 5.82 Å². The topological polar surface area (TPSA) is 41.6 Å². The first-order valence-electron chi connectivity index (χ1n) is 7.73. The third-order valence-corrected chi connectivity index (χ3v) is 3.99. The number of morpholine rings is 1. The summed E-state index contributed by atoms with van der Waals surface area (Å²) >= 11 is 0. The van der Waals surface area contributed by atoms with Crippen LogP contribution >= 0.6 is 0 Å². The van der Waals surface area contributed by atoms with Gasteiger partial charge in [-0.3, -0.25) is 0 Å². The number of amides is 2. The normalized spacial score (nSPS) is 22.5. The maximum Gasteiger partial charge on any atom is 0.317 e. The lowest BCUT2D eigenvalue weighted by atomic mass is 9.84. The molecule has 5 heteroatoms. The lowest BCUT2D eigenvalue weighted by Crippen LogP contribution is -2.53. The molecule has 1 fully saturated rings. The summed E-state index contributed by atoms with van der Waals surface area (Å²) in [5.74, 6) is -0.240. The first kappa shape index (κ1) is 16.7. The van der Waals surface area contributed by atoms with Gasteiger partial charge in [-0.2, -0.15) is 0 Å². The number of nitrogens with zero attached hydrogens (tertiary/aromatic N) is 1. The zero-order valence-electron chi connectivity index (χ0n) is 13.7. The molecule has 0 spiro atoms. The summed E-state index contributed by atoms with van der Waals surface area (Å²) in [5, 5.41) is 2.92. The van der Waals surface area contributed by atoms with E-state index in [0.29, 0.717) is 25.2 Å². The smallest absolute Gasteiger partial charge is 0.317 e. The summed E-state index contributed by atoms with van der Waals surface area (Å²) in [6.07, 6.45) is 0.0724. The Hall–Kier alpha value is -1.62. The van der Waals surface area contributed by atoms with Gasteiger partial charge >= 0.3 is 6.03 Å². The van der Waals surface area contributed by atoms with E-state index in [1.807, 2.05) is 33.8 Å². The number of carbonyl (C=O) groups excluding carboxylic acids is 1. The Bertz CT molecular complexity index is 523. The molecule has 0 aliphatic carbocycles. The number of ether oxygens (including phenoxy) is 1. The van der Waals surface area contributed by atoms with E-state index in [1.54, 1.807) is 17.0 Å². The molecule has 2 amide bonds. The SMILES string of the molecule is CC1CN(C(=O)NCC(C)(C)c2ccccc2F)CC(C)O1. The molecule has 2 atom stereocenters. The standard InChI is InChI=1S/C17H25FN2O2/c1-12-9-20(10-13(2)22-12)16(21)19-11-17(3,4)14-7-5-6-8-15(14)18/h5-8,12-13H,9-11H2,1-4H3,(H,19,21). The molecule has 1 aromatic carbocycles. The van der Waals surface area contributed by atoms with Crippen LogP contribution in [0.5, 0.6) is 0 Å². The lowest BCUT2D eigenvalue weighted by molar-refractivity contribution is -0.0545. The van der Waals surface area contributed by atoms with Crippen molar-refractivity contribution >= 4 is 6.03 Å². The second-order valence-corrected chi connectivity index (χ2v) is 6.68. The van der Waals surface area contributed by atoms with Crippen LogP contribution in [0.2, 0.25) is 0 Å². The van der Waals surface area contributed by atoms with Crippen LogP contribution in [-0.2, 0) is 10.2 Å². The minimum atomic E-state index is -0.468. The molecule has 4 nitrogen and oxygen atoms in total. The Kier molecular flexibility index (Phi) is 5.06. The van der Waals surface area contributed by atoms with E-state index < -0.39 is 5.41 Å². The number of hydrogen-bond donors (Lipinski definition) is 1. The van der Waals surface area contributed by atoms with Gasteiger partial charge in [0.15, 0.2) is 0 Å². The minimum absolute atomic E-state index is 0.0362. The van der Waals surface area contributed by atoms with Crippen molar-refractivity contribution in [2.45, 2.75) is 45.3 Å². The average Bonchev–Trinajstić information content (AvgIpc) is 2.44. The lowest BCUT2D eigenvalue weighted by Gasteiger charge is -2.36. The monoisotopic (exact) mass is 308 g/mol. The zero-order chi connectivity index (χ0) is 16.3. The number of halogens is 1. The summed E-state index contributed by atoms with van der Waals surface area (Å²) < 4.78 is 19.6. The highest BCUT2D eigenvalue weighted by Gasteiger charge is 2.28. The van der Waals surface area contributed by atoms with Crippen molar-refractivity contribution in [3.8, 4) is 0 Å². The van der Waals surface area contributed by atoms with Crippen molar-refractivity contribution in [2.75, 3.05) is 19.6 Å². The molecule has 0 aromatic heterocycles. The van der Waals surface area contributed by atoms with Gasteiger partial charge in [-0.15, -0.1) is 0 Å². The van der Waals surface area contributed by atoms with Crippen LogP contribution in [0.15, 0.2) is 24.3 Å². The van der Waals surface area contributed by atoms with Crippen molar-refractivity contribution < 1.29 is 13.9 Å². The van der Waals surface area contributed by atoms with Crippen LogP contribution in [-0.4, -0.2) is 42.8 Å². The highest BCUT2D eigenvalue weighted by molar-refractivity contribution is 5.74. The molecular weight excluding hydrogens is 283 g/mol. The van der Waals surface area contributed by atoms with Gasteiger partial charge in [0.05, 0.1) is 12.2 Å². The summed E-state index contributed by atoms with van der Waals surface area (Å²) in [6.45, 7) is 9.31. The molecule has 0 bridgehead atoms. The van der Waals surface area contributed by atoms with E-state index in [9.17, 15) is 9.18 Å². The molecule has 0 saturated carbocycles. The van der Waals surface area contributed by atoms with E-state index in [-0.39, 0.29) is 24.1 Å². The van der Waals surface area contributed by atoms with Gasteiger partial charge in [0.2, 0.25) is 0 Å². The molecule has 122 valence electrons. The quantitative estimate of drug-likeness (QED) is 0.933. The predicted octanol–water partition coefficient (Wildman–Crippen LogP) is 2.92. The van der Waals surface area contributed by atoms with Crippen molar-refractivity contribution in [3.05, 3.63) is 35.6 Å². The van der Waals surface area contributed by atoms with E-state index >= 15 is 0 Å². The van der Waals surface area contributed by atoms with E-state index in [0.717, 1.165) is 0 Å². The molecule has 1 aromatic rings. The first-order valence-corrected chi connectivity index (χ1v) is 7.73. The molecule has 2 unspecified atom stereocenters. The Morgan fingerprint density at radius 2 is 1.91 bits per heavy atom. The van der Waals surface area contributed by atoms with Crippen LogP contribution < -0.4 is 5.32 Å². The maximum absolute atomic E-state index is 13.9. The van der Waals surface area contributed by atoms with Gasteiger partial charge in [0.25, 0.3) is 0 Å². The van der Waals surface area contributed by atoms with Crippen LogP contribution in [0, 0.1) is 5.82 Å². The molecule has 2 rings (SSSR count). The fourth-order valence-electron chi connectivity index (χ4n) is 2.86. The van der Waals surface area contributed by atoms with Gasteiger partial charge in [0, 0.05) is 25.0 Å². The van der Waals surface area contributed by atoms with E-state index in [1.165, 1.54) is 6.07 Å². The van der Waals surface area contributed by atoms with Crippen LogP contribution in [0.4, 0.5) is 9.18 Å². The van der Waals surface area contributed by atoms with Gasteiger partial charge in [-0.1, -0.05) is 32.0 Å². The highest BCUT2D eigenvalue weighted by atomic mass is 19.1. The second kappa shape index (κ2) is 6.65. The van der Waals surface area contributed by atoms with E-state index in [2.05, 4.69) is 5.32 Å². The molecule has 22 heavy (non-hydrogen) atoms. The molecule has 1 aliphatic rings. The Morgan fingerprint density at radius 1 is 1.32 bits per heavy atom. The Morgan fingerprint density at radius 3 is 2.50 bits per heavy atom. The third-order valence-electron chi connectivity index (χ3n) is 3.99. The van der Waals surface area contributed by atoms with Crippen molar-refractivity contribution in [1.29, 1.82) is 0 Å². The van der Waals surface area contributed by atoms with Crippen LogP contribution in [0.3, 0.4) is 0 Å². The van der Waals surface area contributed by atoms with Crippen molar-refractivity contribution in [3.63, 3.8) is 0 Å². The predicted molar refractivity (Wildman–Crippen MR) is 84.4 cm³/mol. The van der Waals surface area contributed by atoms with E-state index in [4.69, 9.17) is 4.74 Å². The first-order chi connectivity index (χ1) is 10.3. The summed E-state index contributed by atoms with van der Waals surface area (Å²) in [4.78, 5) is 14.1. The minimum Gasteiger partial charge on any atom is -0.372 e. The molecule has 1 N–H and O–H groups in total.